The van der Waals surface area contributed by atoms with Gasteiger partial charge in [-0.25, -0.2) is 0 Å². The molecule has 116 valence electrons. The minimum Gasteiger partial charge on any atom is -0.316 e. The van der Waals surface area contributed by atoms with Crippen LogP contribution in [0.25, 0.3) is 0 Å². The van der Waals surface area contributed by atoms with Gasteiger partial charge in [0, 0.05) is 19.6 Å². The molecule has 2 fully saturated rings. The normalized spacial score (nSPS) is 26.3. The van der Waals surface area contributed by atoms with Gasteiger partial charge in [0.1, 0.15) is 0 Å². The van der Waals surface area contributed by atoms with E-state index in [2.05, 4.69) is 20.4 Å². The van der Waals surface area contributed by atoms with Crippen LogP contribution in [0.5, 0.6) is 0 Å². The Hall–Kier alpha value is -0.000000000000000111. The van der Waals surface area contributed by atoms with Crippen LogP contribution in [0, 0.1) is 12.3 Å². The van der Waals surface area contributed by atoms with Crippen LogP contribution in [0.1, 0.15) is 30.7 Å². The summed E-state index contributed by atoms with van der Waals surface area (Å²) in [5, 5.41) is 11.6. The lowest BCUT2D eigenvalue weighted by atomic mass is 9.79. The van der Waals surface area contributed by atoms with Gasteiger partial charge in [0.15, 0.2) is 0 Å². The topological polar surface area (TPSA) is 44.0 Å². The van der Waals surface area contributed by atoms with Crippen LogP contribution in [0.15, 0.2) is 0 Å². The third-order valence-electron chi connectivity index (χ3n) is 4.39. The zero-order chi connectivity index (χ0) is 12.6. The number of rotatable bonds is 2. The largest absolute Gasteiger partial charge is 0.316 e. The summed E-state index contributed by atoms with van der Waals surface area (Å²) in [7, 11) is 0. The Kier molecular flexibility index (Phi) is 6.61. The lowest BCUT2D eigenvalue weighted by molar-refractivity contribution is 0.0968. The molecule has 0 bridgehead atoms. The second-order valence-corrected chi connectivity index (χ2v) is 6.23. The third-order valence-corrected chi connectivity index (χ3v) is 4.89. The van der Waals surface area contributed by atoms with E-state index in [1.165, 1.54) is 45.4 Å². The van der Waals surface area contributed by atoms with Crippen molar-refractivity contribution in [1.82, 2.24) is 20.4 Å². The lowest BCUT2D eigenvalue weighted by Crippen LogP contribution is -2.44. The molecule has 0 aromatic carbocycles. The number of aryl methyl sites for hydroxylation is 1. The standard InChI is InChI=1S/C13H21ClN4.2ClH/c1-10-12(14)11(17-16-10)7-18-6-2-3-13(9-18)4-5-15-8-13;;/h15H,2-9H2,1H3,(H,16,17);2*1H. The predicted molar refractivity (Wildman–Crippen MR) is 87.3 cm³/mol. The number of piperidine rings is 1. The quantitative estimate of drug-likeness (QED) is 0.869. The molecule has 2 N–H and O–H groups in total. The van der Waals surface area contributed by atoms with Crippen molar-refractivity contribution in [3.05, 3.63) is 16.4 Å². The van der Waals surface area contributed by atoms with Crippen molar-refractivity contribution in [3.8, 4) is 0 Å². The highest BCUT2D eigenvalue weighted by Gasteiger charge is 2.38. The molecule has 1 atom stereocenters. The molecule has 2 aliphatic rings. The molecule has 1 unspecified atom stereocenters. The highest BCUT2D eigenvalue weighted by Crippen LogP contribution is 2.36. The average Bonchev–Trinajstić information content (AvgIpc) is 2.92. The Labute approximate surface area is 137 Å². The highest BCUT2D eigenvalue weighted by atomic mass is 35.5. The molecule has 7 heteroatoms. The number of hydrogen-bond donors (Lipinski definition) is 2. The molecule has 0 saturated carbocycles. The van der Waals surface area contributed by atoms with E-state index in [0.717, 1.165) is 23.0 Å². The summed E-state index contributed by atoms with van der Waals surface area (Å²) in [6, 6.07) is 0. The maximum atomic E-state index is 6.25. The van der Waals surface area contributed by atoms with Crippen molar-refractivity contribution in [2.45, 2.75) is 32.7 Å². The Morgan fingerprint density at radius 2 is 2.15 bits per heavy atom. The van der Waals surface area contributed by atoms with Gasteiger partial charge in [0.2, 0.25) is 0 Å². The van der Waals surface area contributed by atoms with Crippen LogP contribution >= 0.6 is 36.4 Å². The fourth-order valence-electron chi connectivity index (χ4n) is 3.37. The number of halogens is 3. The van der Waals surface area contributed by atoms with Gasteiger partial charge in [-0.2, -0.15) is 5.10 Å². The van der Waals surface area contributed by atoms with E-state index >= 15 is 0 Å². The van der Waals surface area contributed by atoms with Gasteiger partial charge >= 0.3 is 0 Å². The second-order valence-electron chi connectivity index (χ2n) is 5.85. The van der Waals surface area contributed by atoms with Crippen LogP contribution in [-0.4, -0.2) is 41.3 Å². The zero-order valence-corrected chi connectivity index (χ0v) is 14.1. The molecule has 4 nitrogen and oxygen atoms in total. The molecule has 3 heterocycles. The summed E-state index contributed by atoms with van der Waals surface area (Å²) in [5.41, 5.74) is 2.48. The van der Waals surface area contributed by atoms with Crippen molar-refractivity contribution < 1.29 is 0 Å². The summed E-state index contributed by atoms with van der Waals surface area (Å²) in [6.07, 6.45) is 3.98. The molecule has 20 heavy (non-hydrogen) atoms. The number of nitrogens with zero attached hydrogens (tertiary/aromatic N) is 2. The number of aromatic amines is 1. The summed E-state index contributed by atoms with van der Waals surface area (Å²) in [4.78, 5) is 2.51. The van der Waals surface area contributed by atoms with Gasteiger partial charge in [0.05, 0.1) is 16.4 Å². The van der Waals surface area contributed by atoms with E-state index in [0.29, 0.717) is 5.41 Å². The van der Waals surface area contributed by atoms with Gasteiger partial charge in [-0.3, -0.25) is 10.00 Å². The number of H-pyrrole nitrogens is 1. The van der Waals surface area contributed by atoms with Crippen molar-refractivity contribution in [1.29, 1.82) is 0 Å². The van der Waals surface area contributed by atoms with Crippen LogP contribution in [0.2, 0.25) is 5.02 Å². The van der Waals surface area contributed by atoms with E-state index in [-0.39, 0.29) is 24.8 Å². The first-order valence-corrected chi connectivity index (χ1v) is 7.19. The Balaban J connectivity index is 0.000001000. The maximum Gasteiger partial charge on any atom is 0.0951 e. The molecule has 2 saturated heterocycles. The smallest absolute Gasteiger partial charge is 0.0951 e. The van der Waals surface area contributed by atoms with Crippen LogP contribution in [0.4, 0.5) is 0 Å². The number of aromatic nitrogens is 2. The minimum atomic E-state index is 0. The van der Waals surface area contributed by atoms with Gasteiger partial charge in [-0.1, -0.05) is 11.6 Å². The highest BCUT2D eigenvalue weighted by molar-refractivity contribution is 6.31. The summed E-state index contributed by atoms with van der Waals surface area (Å²) in [5.74, 6) is 0. The Morgan fingerprint density at radius 1 is 1.35 bits per heavy atom. The molecule has 1 aromatic rings. The fraction of sp³-hybridized carbons (Fsp3) is 0.769. The van der Waals surface area contributed by atoms with Crippen molar-refractivity contribution in [2.75, 3.05) is 26.2 Å². The van der Waals surface area contributed by atoms with E-state index < -0.39 is 0 Å². The van der Waals surface area contributed by atoms with E-state index in [1.54, 1.807) is 0 Å². The van der Waals surface area contributed by atoms with Crippen molar-refractivity contribution in [2.24, 2.45) is 5.41 Å². The second kappa shape index (κ2) is 7.32. The molecule has 0 amide bonds. The SMILES string of the molecule is Cc1[nH]nc(CN2CCCC3(CCNC3)C2)c1Cl.Cl.Cl. The van der Waals surface area contributed by atoms with E-state index in [9.17, 15) is 0 Å². The number of likely N-dealkylation sites (tertiary alicyclic amines) is 1. The third kappa shape index (κ3) is 3.60. The molecule has 1 aromatic heterocycles. The van der Waals surface area contributed by atoms with Gasteiger partial charge in [0.25, 0.3) is 0 Å². The first-order valence-electron chi connectivity index (χ1n) is 6.81. The maximum absolute atomic E-state index is 6.25. The van der Waals surface area contributed by atoms with Crippen molar-refractivity contribution in [3.63, 3.8) is 0 Å². The molecular formula is C13H23Cl3N4. The van der Waals surface area contributed by atoms with E-state index in [4.69, 9.17) is 11.6 Å². The minimum absolute atomic E-state index is 0. The van der Waals surface area contributed by atoms with Gasteiger partial charge < -0.3 is 5.32 Å². The van der Waals surface area contributed by atoms with Gasteiger partial charge in [-0.15, -0.1) is 24.8 Å². The summed E-state index contributed by atoms with van der Waals surface area (Å²) >= 11 is 6.25. The lowest BCUT2D eigenvalue weighted by Gasteiger charge is -2.39. The summed E-state index contributed by atoms with van der Waals surface area (Å²) < 4.78 is 0. The Bertz CT molecular complexity index is 429. The predicted octanol–water partition coefficient (Wildman–Crippen LogP) is 2.79. The first kappa shape index (κ1) is 18.1. The fourth-order valence-corrected chi connectivity index (χ4v) is 3.52. The molecule has 3 rings (SSSR count). The first-order chi connectivity index (χ1) is 8.69. The summed E-state index contributed by atoms with van der Waals surface area (Å²) in [6.45, 7) is 7.56. The molecule has 0 radical (unpaired) electrons. The van der Waals surface area contributed by atoms with E-state index in [1.807, 2.05) is 6.92 Å². The molecular weight excluding hydrogens is 319 g/mol. The monoisotopic (exact) mass is 340 g/mol. The average molecular weight is 342 g/mol. The Morgan fingerprint density at radius 3 is 2.75 bits per heavy atom. The zero-order valence-electron chi connectivity index (χ0n) is 11.7. The van der Waals surface area contributed by atoms with Crippen LogP contribution < -0.4 is 5.32 Å². The molecule has 1 spiro atoms. The number of nitrogens with one attached hydrogen (secondary N) is 2. The van der Waals surface area contributed by atoms with Crippen LogP contribution in [-0.2, 0) is 6.54 Å². The number of hydrogen-bond acceptors (Lipinski definition) is 3. The molecule has 0 aliphatic carbocycles. The molecule has 2 aliphatic heterocycles. The van der Waals surface area contributed by atoms with Crippen LogP contribution in [0.3, 0.4) is 0 Å². The van der Waals surface area contributed by atoms with Crippen molar-refractivity contribution >= 4 is 36.4 Å². The van der Waals surface area contributed by atoms with Gasteiger partial charge in [-0.05, 0) is 44.7 Å².